The standard InChI is InChI=1S/C22H38F2Si/c1-19(2,3)15-13-16(20(4,5)6)18(17(14-15)21(7,8)9)25(23,24)22(10,11)12/h13-14H,1-12H3. The first-order valence-corrected chi connectivity index (χ1v) is 11.0. The summed E-state index contributed by atoms with van der Waals surface area (Å²) < 4.78 is 31.6. The molecule has 0 bridgehead atoms. The van der Waals surface area contributed by atoms with Crippen molar-refractivity contribution in [3.8, 4) is 0 Å². The van der Waals surface area contributed by atoms with Crippen LogP contribution in [0.4, 0.5) is 8.22 Å². The van der Waals surface area contributed by atoms with Crippen LogP contribution in [-0.2, 0) is 16.2 Å². The summed E-state index contributed by atoms with van der Waals surface area (Å²) in [5.41, 5.74) is 2.09. The van der Waals surface area contributed by atoms with E-state index in [2.05, 4.69) is 74.4 Å². The van der Waals surface area contributed by atoms with Crippen LogP contribution in [0.2, 0.25) is 5.04 Å². The summed E-state index contributed by atoms with van der Waals surface area (Å²) in [5.74, 6) is 0. The minimum Gasteiger partial charge on any atom is -0.264 e. The van der Waals surface area contributed by atoms with Crippen molar-refractivity contribution in [2.75, 3.05) is 0 Å². The number of benzene rings is 1. The van der Waals surface area contributed by atoms with Gasteiger partial charge in [0.2, 0.25) is 0 Å². The van der Waals surface area contributed by atoms with Crippen molar-refractivity contribution in [3.63, 3.8) is 0 Å². The van der Waals surface area contributed by atoms with Crippen molar-refractivity contribution >= 4 is 13.9 Å². The zero-order valence-electron chi connectivity index (χ0n) is 18.4. The van der Waals surface area contributed by atoms with Gasteiger partial charge in [0.25, 0.3) is 0 Å². The van der Waals surface area contributed by atoms with Gasteiger partial charge in [0, 0.05) is 10.2 Å². The summed E-state index contributed by atoms with van der Waals surface area (Å²) in [4.78, 5) is 0. The van der Waals surface area contributed by atoms with Crippen LogP contribution >= 0.6 is 0 Å². The highest BCUT2D eigenvalue weighted by Gasteiger charge is 2.54. The van der Waals surface area contributed by atoms with Crippen molar-refractivity contribution in [2.45, 2.75) is 104 Å². The zero-order valence-corrected chi connectivity index (χ0v) is 19.4. The SMILES string of the molecule is CC(C)(C)c1cc(C(C)(C)C)c([Si](F)(F)C(C)(C)C)c(C(C)(C)C)c1. The van der Waals surface area contributed by atoms with Gasteiger partial charge < -0.3 is 0 Å². The lowest BCUT2D eigenvalue weighted by Gasteiger charge is -2.38. The Balaban J connectivity index is 4.11. The van der Waals surface area contributed by atoms with E-state index in [-0.39, 0.29) is 16.2 Å². The maximum Gasteiger partial charge on any atom is 0.461 e. The molecule has 0 nitrogen and oxygen atoms in total. The van der Waals surface area contributed by atoms with E-state index in [1.165, 1.54) is 0 Å². The molecule has 0 spiro atoms. The molecule has 1 aromatic carbocycles. The Bertz CT molecular complexity index is 595. The molecule has 0 aromatic heterocycles. The molecular weight excluding hydrogens is 330 g/mol. The first-order valence-electron chi connectivity index (χ1n) is 9.28. The monoisotopic (exact) mass is 368 g/mol. The quantitative estimate of drug-likeness (QED) is 0.371. The topological polar surface area (TPSA) is 0 Å². The molecule has 1 rings (SSSR count). The molecule has 0 radical (unpaired) electrons. The van der Waals surface area contributed by atoms with Gasteiger partial charge in [-0.3, -0.25) is 8.22 Å². The van der Waals surface area contributed by atoms with Crippen molar-refractivity contribution in [1.82, 2.24) is 0 Å². The van der Waals surface area contributed by atoms with Gasteiger partial charge in [-0.15, -0.1) is 0 Å². The summed E-state index contributed by atoms with van der Waals surface area (Å²) in [6.07, 6.45) is 0. The second kappa shape index (κ2) is 6.18. The molecule has 144 valence electrons. The molecule has 0 N–H and O–H groups in total. The first-order chi connectivity index (χ1) is 10.7. The van der Waals surface area contributed by atoms with Crippen LogP contribution in [0.1, 0.15) is 99.8 Å². The summed E-state index contributed by atoms with van der Waals surface area (Å²) in [6, 6.07) is 4.11. The maximum absolute atomic E-state index is 15.8. The van der Waals surface area contributed by atoms with Crippen LogP contribution in [-0.4, -0.2) is 8.74 Å². The molecule has 0 atom stereocenters. The zero-order chi connectivity index (χ0) is 20.2. The van der Waals surface area contributed by atoms with Crippen LogP contribution in [0.25, 0.3) is 0 Å². The Kier molecular flexibility index (Phi) is 5.52. The van der Waals surface area contributed by atoms with E-state index in [9.17, 15) is 0 Å². The van der Waals surface area contributed by atoms with E-state index in [0.717, 1.165) is 16.7 Å². The highest BCUT2D eigenvalue weighted by atomic mass is 28.4. The molecule has 0 aliphatic heterocycles. The van der Waals surface area contributed by atoms with E-state index in [1.807, 2.05) is 0 Å². The lowest BCUT2D eigenvalue weighted by atomic mass is 9.75. The number of halogens is 2. The van der Waals surface area contributed by atoms with E-state index in [0.29, 0.717) is 5.19 Å². The van der Waals surface area contributed by atoms with Crippen LogP contribution in [0.15, 0.2) is 12.1 Å². The second-order valence-corrected chi connectivity index (χ2v) is 14.7. The molecule has 0 unspecified atom stereocenters. The molecule has 0 aliphatic rings. The third kappa shape index (κ3) is 4.53. The number of hydrogen-bond donors (Lipinski definition) is 0. The molecule has 0 aliphatic carbocycles. The van der Waals surface area contributed by atoms with Gasteiger partial charge in [-0.25, -0.2) is 0 Å². The van der Waals surface area contributed by atoms with Crippen molar-refractivity contribution < 1.29 is 8.22 Å². The molecule has 0 heterocycles. The van der Waals surface area contributed by atoms with Gasteiger partial charge >= 0.3 is 8.74 Å². The highest BCUT2D eigenvalue weighted by Crippen LogP contribution is 2.43. The third-order valence-electron chi connectivity index (χ3n) is 4.88. The van der Waals surface area contributed by atoms with Gasteiger partial charge in [-0.1, -0.05) is 95.2 Å². The summed E-state index contributed by atoms with van der Waals surface area (Å²) in [6.45, 7) is 23.9. The predicted molar refractivity (Wildman–Crippen MR) is 110 cm³/mol. The summed E-state index contributed by atoms with van der Waals surface area (Å²) >= 11 is 0. The van der Waals surface area contributed by atoms with Crippen LogP contribution in [0.3, 0.4) is 0 Å². The molecular formula is C22H38F2Si. The van der Waals surface area contributed by atoms with Crippen LogP contribution in [0.5, 0.6) is 0 Å². The fraction of sp³-hybridized carbons (Fsp3) is 0.727. The van der Waals surface area contributed by atoms with Crippen molar-refractivity contribution in [2.24, 2.45) is 0 Å². The van der Waals surface area contributed by atoms with Gasteiger partial charge in [0.05, 0.1) is 0 Å². The minimum atomic E-state index is -4.67. The molecule has 0 saturated heterocycles. The fourth-order valence-electron chi connectivity index (χ4n) is 2.97. The minimum absolute atomic E-state index is 0.0723. The van der Waals surface area contributed by atoms with E-state index >= 15 is 8.22 Å². The van der Waals surface area contributed by atoms with E-state index < -0.39 is 13.8 Å². The Morgan fingerprint density at radius 3 is 1.12 bits per heavy atom. The van der Waals surface area contributed by atoms with Gasteiger partial charge in [-0.05, 0) is 32.9 Å². The van der Waals surface area contributed by atoms with E-state index in [4.69, 9.17) is 0 Å². The number of hydrogen-bond acceptors (Lipinski definition) is 0. The second-order valence-electron chi connectivity index (χ2n) is 11.5. The fourth-order valence-corrected chi connectivity index (χ4v) is 5.29. The lowest BCUT2D eigenvalue weighted by molar-refractivity contribution is 0.504. The average molecular weight is 369 g/mol. The van der Waals surface area contributed by atoms with Gasteiger partial charge in [-0.2, -0.15) is 0 Å². The Hall–Kier alpha value is -0.703. The average Bonchev–Trinajstić information content (AvgIpc) is 2.32. The predicted octanol–water partition coefficient (Wildman–Crippen LogP) is 6.97. The number of rotatable bonds is 1. The smallest absolute Gasteiger partial charge is 0.264 e. The third-order valence-corrected chi connectivity index (χ3v) is 7.93. The van der Waals surface area contributed by atoms with Gasteiger partial charge in [0.1, 0.15) is 0 Å². The molecule has 25 heavy (non-hydrogen) atoms. The molecule has 3 heteroatoms. The lowest BCUT2D eigenvalue weighted by Crippen LogP contribution is -2.54. The largest absolute Gasteiger partial charge is 0.461 e. The van der Waals surface area contributed by atoms with Crippen molar-refractivity contribution in [1.29, 1.82) is 0 Å². The Morgan fingerprint density at radius 2 is 0.920 bits per heavy atom. The normalized spacial score (nSPS) is 14.8. The molecule has 0 amide bonds. The molecule has 0 fully saturated rings. The Morgan fingerprint density at radius 1 is 0.600 bits per heavy atom. The van der Waals surface area contributed by atoms with Crippen LogP contribution in [0, 0.1) is 0 Å². The molecule has 0 saturated carbocycles. The Labute approximate surface area is 155 Å². The van der Waals surface area contributed by atoms with Gasteiger partial charge in [0.15, 0.2) is 0 Å². The van der Waals surface area contributed by atoms with Crippen LogP contribution < -0.4 is 5.19 Å². The highest BCUT2D eigenvalue weighted by molar-refractivity contribution is 6.83. The summed E-state index contributed by atoms with van der Waals surface area (Å²) in [5, 5.41) is -0.635. The van der Waals surface area contributed by atoms with Crippen molar-refractivity contribution in [3.05, 3.63) is 28.8 Å². The summed E-state index contributed by atoms with van der Waals surface area (Å²) in [7, 11) is -4.67. The maximum atomic E-state index is 15.8. The molecule has 1 aromatic rings. The first kappa shape index (κ1) is 22.3. The van der Waals surface area contributed by atoms with E-state index in [1.54, 1.807) is 20.8 Å².